The van der Waals surface area contributed by atoms with Gasteiger partial charge in [0.2, 0.25) is 0 Å². The Hall–Kier alpha value is -2.90. The van der Waals surface area contributed by atoms with Gasteiger partial charge in [-0.05, 0) is 37.3 Å². The highest BCUT2D eigenvalue weighted by molar-refractivity contribution is 5.60. The number of nitrogens with zero attached hydrogens (tertiary/aromatic N) is 6. The molecule has 1 saturated heterocycles. The van der Waals surface area contributed by atoms with Gasteiger partial charge in [-0.25, -0.2) is 14.5 Å². The SMILES string of the molecule is CCCCOc1nc(N)c2ncc(Cc3cnc(N4CCCC4)c(C)c3)n2n1. The smallest absolute Gasteiger partial charge is 0.336 e. The van der Waals surface area contributed by atoms with Crippen LogP contribution in [0.2, 0.25) is 0 Å². The summed E-state index contributed by atoms with van der Waals surface area (Å²) in [6.07, 6.45) is 8.90. The van der Waals surface area contributed by atoms with Gasteiger partial charge in [-0.1, -0.05) is 19.4 Å². The van der Waals surface area contributed by atoms with Crippen molar-refractivity contribution in [3.05, 3.63) is 35.3 Å². The first-order valence-electron chi connectivity index (χ1n) is 9.99. The maximum Gasteiger partial charge on any atom is 0.336 e. The van der Waals surface area contributed by atoms with Crippen LogP contribution in [0.15, 0.2) is 18.5 Å². The third kappa shape index (κ3) is 3.72. The molecule has 0 spiro atoms. The number of aryl methyl sites for hydroxylation is 1. The molecular formula is C20H27N7O. The second-order valence-corrected chi connectivity index (χ2v) is 7.32. The predicted molar refractivity (Wildman–Crippen MR) is 109 cm³/mol. The molecule has 0 unspecified atom stereocenters. The van der Waals surface area contributed by atoms with E-state index in [0.717, 1.165) is 43.0 Å². The van der Waals surface area contributed by atoms with Crippen molar-refractivity contribution in [3.63, 3.8) is 0 Å². The molecule has 1 aliphatic rings. The van der Waals surface area contributed by atoms with Gasteiger partial charge in [-0.3, -0.25) is 0 Å². The number of aromatic nitrogens is 5. The molecule has 0 radical (unpaired) electrons. The highest BCUT2D eigenvalue weighted by Crippen LogP contribution is 2.24. The lowest BCUT2D eigenvalue weighted by atomic mass is 10.1. The fourth-order valence-electron chi connectivity index (χ4n) is 3.61. The minimum absolute atomic E-state index is 0.288. The fraction of sp³-hybridized carbons (Fsp3) is 0.500. The third-order valence-corrected chi connectivity index (χ3v) is 5.07. The van der Waals surface area contributed by atoms with Gasteiger partial charge < -0.3 is 15.4 Å². The number of pyridine rings is 1. The van der Waals surface area contributed by atoms with Gasteiger partial charge in [0.05, 0.1) is 18.5 Å². The summed E-state index contributed by atoms with van der Waals surface area (Å²) in [6.45, 7) is 7.00. The van der Waals surface area contributed by atoms with E-state index in [4.69, 9.17) is 15.5 Å². The molecule has 0 atom stereocenters. The predicted octanol–water partition coefficient (Wildman–Crippen LogP) is 2.78. The van der Waals surface area contributed by atoms with E-state index < -0.39 is 0 Å². The molecule has 2 N–H and O–H groups in total. The monoisotopic (exact) mass is 381 g/mol. The van der Waals surface area contributed by atoms with Crippen molar-refractivity contribution >= 4 is 17.3 Å². The van der Waals surface area contributed by atoms with E-state index in [0.29, 0.717) is 24.5 Å². The van der Waals surface area contributed by atoms with Crippen LogP contribution < -0.4 is 15.4 Å². The molecule has 148 valence electrons. The first kappa shape index (κ1) is 18.5. The quantitative estimate of drug-likeness (QED) is 0.629. The normalized spacial score (nSPS) is 14.1. The van der Waals surface area contributed by atoms with E-state index in [1.165, 1.54) is 18.4 Å². The number of anilines is 2. The first-order valence-corrected chi connectivity index (χ1v) is 9.99. The Labute approximate surface area is 164 Å². The summed E-state index contributed by atoms with van der Waals surface area (Å²) in [5, 5.41) is 4.48. The zero-order valence-electron chi connectivity index (χ0n) is 16.6. The van der Waals surface area contributed by atoms with E-state index >= 15 is 0 Å². The van der Waals surface area contributed by atoms with Crippen molar-refractivity contribution in [2.45, 2.75) is 46.0 Å². The minimum Gasteiger partial charge on any atom is -0.462 e. The minimum atomic E-state index is 0.288. The van der Waals surface area contributed by atoms with Crippen molar-refractivity contribution in [1.29, 1.82) is 0 Å². The van der Waals surface area contributed by atoms with E-state index in [-0.39, 0.29) is 6.01 Å². The molecule has 0 saturated carbocycles. The van der Waals surface area contributed by atoms with E-state index in [1.54, 1.807) is 10.7 Å². The molecule has 8 nitrogen and oxygen atoms in total. The Morgan fingerprint density at radius 3 is 2.75 bits per heavy atom. The maximum absolute atomic E-state index is 6.05. The Morgan fingerprint density at radius 2 is 2.00 bits per heavy atom. The highest BCUT2D eigenvalue weighted by atomic mass is 16.5. The molecule has 0 amide bonds. The van der Waals surface area contributed by atoms with Crippen LogP contribution in [0.1, 0.15) is 49.4 Å². The zero-order valence-corrected chi connectivity index (χ0v) is 16.6. The van der Waals surface area contributed by atoms with Crippen LogP contribution in [0.25, 0.3) is 5.65 Å². The molecule has 3 aromatic rings. The Morgan fingerprint density at radius 1 is 1.18 bits per heavy atom. The first-order chi connectivity index (χ1) is 13.7. The molecule has 3 aromatic heterocycles. The van der Waals surface area contributed by atoms with Gasteiger partial charge >= 0.3 is 6.01 Å². The van der Waals surface area contributed by atoms with Crippen molar-refractivity contribution in [2.75, 3.05) is 30.3 Å². The van der Waals surface area contributed by atoms with Crippen LogP contribution in [0.3, 0.4) is 0 Å². The lowest BCUT2D eigenvalue weighted by Crippen LogP contribution is -2.20. The van der Waals surface area contributed by atoms with E-state index in [9.17, 15) is 0 Å². The number of rotatable bonds is 7. The Kier molecular flexibility index (Phi) is 5.27. The summed E-state index contributed by atoms with van der Waals surface area (Å²) in [4.78, 5) is 15.7. The fourth-order valence-corrected chi connectivity index (χ4v) is 3.61. The van der Waals surface area contributed by atoms with Crippen LogP contribution >= 0.6 is 0 Å². The van der Waals surface area contributed by atoms with Gasteiger partial charge in [-0.15, -0.1) is 5.10 Å². The van der Waals surface area contributed by atoms with E-state index in [2.05, 4.69) is 39.9 Å². The summed E-state index contributed by atoms with van der Waals surface area (Å²) in [7, 11) is 0. The van der Waals surface area contributed by atoms with Crippen molar-refractivity contribution in [1.82, 2.24) is 24.6 Å². The van der Waals surface area contributed by atoms with Crippen LogP contribution in [-0.2, 0) is 6.42 Å². The second kappa shape index (κ2) is 8.00. The number of hydrogen-bond donors (Lipinski definition) is 1. The number of hydrogen-bond acceptors (Lipinski definition) is 7. The molecular weight excluding hydrogens is 354 g/mol. The molecule has 0 aromatic carbocycles. The molecule has 1 aliphatic heterocycles. The van der Waals surface area contributed by atoms with Crippen molar-refractivity contribution in [3.8, 4) is 6.01 Å². The van der Waals surface area contributed by atoms with Crippen molar-refractivity contribution < 1.29 is 4.74 Å². The molecule has 28 heavy (non-hydrogen) atoms. The standard InChI is InChI=1S/C20H27N7O/c1-3-4-9-28-20-24-17(21)19-23-13-16(27(19)25-20)11-15-10-14(2)18(22-12-15)26-7-5-6-8-26/h10,12-13H,3-9,11H2,1-2H3,(H2,21,24,25). The van der Waals surface area contributed by atoms with Gasteiger partial charge in [0.25, 0.3) is 0 Å². The Bertz CT molecular complexity index is 963. The molecule has 4 rings (SSSR count). The molecule has 0 bridgehead atoms. The molecule has 0 aliphatic carbocycles. The average Bonchev–Trinajstić information content (AvgIpc) is 3.33. The van der Waals surface area contributed by atoms with Crippen LogP contribution in [-0.4, -0.2) is 44.3 Å². The number of nitrogens with two attached hydrogens (primary N) is 1. The number of ether oxygens (including phenoxy) is 1. The lowest BCUT2D eigenvalue weighted by Gasteiger charge is -2.19. The molecule has 1 fully saturated rings. The van der Waals surface area contributed by atoms with Gasteiger partial charge in [0.15, 0.2) is 11.5 Å². The average molecular weight is 381 g/mol. The van der Waals surface area contributed by atoms with Crippen LogP contribution in [0.4, 0.5) is 11.6 Å². The zero-order chi connectivity index (χ0) is 19.5. The van der Waals surface area contributed by atoms with E-state index in [1.807, 2.05) is 6.20 Å². The van der Waals surface area contributed by atoms with Gasteiger partial charge in [0.1, 0.15) is 5.82 Å². The van der Waals surface area contributed by atoms with Gasteiger partial charge in [-0.2, -0.15) is 4.98 Å². The lowest BCUT2D eigenvalue weighted by molar-refractivity contribution is 0.280. The summed E-state index contributed by atoms with van der Waals surface area (Å²) in [6, 6.07) is 2.49. The van der Waals surface area contributed by atoms with Crippen LogP contribution in [0.5, 0.6) is 6.01 Å². The van der Waals surface area contributed by atoms with Crippen LogP contribution in [0, 0.1) is 6.92 Å². The number of fused-ring (bicyclic) bond motifs is 1. The highest BCUT2D eigenvalue weighted by Gasteiger charge is 2.17. The van der Waals surface area contributed by atoms with Gasteiger partial charge in [0, 0.05) is 25.7 Å². The Balaban J connectivity index is 1.58. The summed E-state index contributed by atoms with van der Waals surface area (Å²) in [5.74, 6) is 1.42. The largest absolute Gasteiger partial charge is 0.462 e. The second-order valence-electron chi connectivity index (χ2n) is 7.32. The number of unbranched alkanes of at least 4 members (excludes halogenated alkanes) is 1. The maximum atomic E-state index is 6.05. The molecule has 4 heterocycles. The summed E-state index contributed by atoms with van der Waals surface area (Å²) < 4.78 is 7.36. The third-order valence-electron chi connectivity index (χ3n) is 5.07. The summed E-state index contributed by atoms with van der Waals surface area (Å²) in [5.41, 5.74) is 9.85. The van der Waals surface area contributed by atoms with Crippen molar-refractivity contribution in [2.24, 2.45) is 0 Å². The summed E-state index contributed by atoms with van der Waals surface area (Å²) >= 11 is 0. The topological polar surface area (TPSA) is 94.5 Å². The number of imidazole rings is 1. The number of nitrogen functional groups attached to an aromatic ring is 1. The molecule has 8 heteroatoms.